The van der Waals surface area contributed by atoms with E-state index < -0.39 is 0 Å². The van der Waals surface area contributed by atoms with Crippen molar-refractivity contribution in [1.82, 2.24) is 4.98 Å². The Morgan fingerprint density at radius 1 is 1.00 bits per heavy atom. The number of rotatable bonds is 5. The molecule has 23 heavy (non-hydrogen) atoms. The smallest absolute Gasteiger partial charge is 0.227 e. The molecule has 0 radical (unpaired) electrons. The predicted molar refractivity (Wildman–Crippen MR) is 92.0 cm³/mol. The average Bonchev–Trinajstić information content (AvgIpc) is 3.06. The quantitative estimate of drug-likeness (QED) is 0.639. The molecule has 0 aliphatic heterocycles. The second-order valence-corrected chi connectivity index (χ2v) is 6.01. The number of pyridine rings is 1. The maximum absolute atomic E-state index is 5.95. The zero-order chi connectivity index (χ0) is 16.2. The topological polar surface area (TPSA) is 29.9 Å². The van der Waals surface area contributed by atoms with Crippen LogP contribution in [-0.2, 0) is 6.54 Å². The Bertz CT molecular complexity index is 788. The molecule has 3 rings (SSSR count). The van der Waals surface area contributed by atoms with Crippen molar-refractivity contribution in [2.75, 3.05) is 0 Å². The normalized spacial score (nSPS) is 10.9. The van der Waals surface area contributed by atoms with Crippen LogP contribution < -0.4 is 4.57 Å². The highest BCUT2D eigenvalue weighted by Gasteiger charge is 2.10. The molecule has 0 amide bonds. The zero-order valence-electron chi connectivity index (χ0n) is 14.0. The Morgan fingerprint density at radius 2 is 1.78 bits per heavy atom. The van der Waals surface area contributed by atoms with Crippen LogP contribution in [0, 0.1) is 13.8 Å². The van der Waals surface area contributed by atoms with Crippen LogP contribution in [0.15, 0.2) is 53.3 Å². The molecule has 0 bridgehead atoms. The van der Waals surface area contributed by atoms with Crippen molar-refractivity contribution in [2.24, 2.45) is 0 Å². The summed E-state index contributed by atoms with van der Waals surface area (Å²) in [7, 11) is 0. The van der Waals surface area contributed by atoms with Gasteiger partial charge in [0, 0.05) is 29.7 Å². The SMILES string of the molecule is CCCC[n+]1ccc(-c2ncc(-c3ccc(C)c(C)c3)o2)cc1. The Kier molecular flexibility index (Phi) is 4.56. The Labute approximate surface area is 137 Å². The van der Waals surface area contributed by atoms with E-state index in [1.54, 1.807) is 6.20 Å². The molecule has 0 fully saturated rings. The van der Waals surface area contributed by atoms with Gasteiger partial charge in [-0.05, 0) is 31.0 Å². The molecule has 0 aliphatic carbocycles. The van der Waals surface area contributed by atoms with Crippen LogP contribution in [0.4, 0.5) is 0 Å². The second kappa shape index (κ2) is 6.78. The summed E-state index contributed by atoms with van der Waals surface area (Å²) in [5, 5.41) is 0. The Hall–Kier alpha value is -2.42. The predicted octanol–water partition coefficient (Wildman–Crippen LogP) is 4.71. The van der Waals surface area contributed by atoms with Gasteiger partial charge in [-0.1, -0.05) is 25.5 Å². The molecule has 0 N–H and O–H groups in total. The minimum atomic E-state index is 0.667. The zero-order valence-corrected chi connectivity index (χ0v) is 14.0. The monoisotopic (exact) mass is 307 g/mol. The minimum absolute atomic E-state index is 0.667. The van der Waals surface area contributed by atoms with E-state index in [1.165, 1.54) is 24.0 Å². The first-order valence-electron chi connectivity index (χ1n) is 8.20. The van der Waals surface area contributed by atoms with Crippen molar-refractivity contribution in [3.05, 3.63) is 60.0 Å². The van der Waals surface area contributed by atoms with Crippen molar-refractivity contribution in [3.8, 4) is 22.8 Å². The lowest BCUT2D eigenvalue weighted by atomic mass is 10.1. The highest BCUT2D eigenvalue weighted by Crippen LogP contribution is 2.26. The third kappa shape index (κ3) is 3.50. The van der Waals surface area contributed by atoms with Crippen molar-refractivity contribution in [2.45, 2.75) is 40.2 Å². The van der Waals surface area contributed by atoms with E-state index in [0.29, 0.717) is 5.89 Å². The third-order valence-electron chi connectivity index (χ3n) is 4.21. The van der Waals surface area contributed by atoms with E-state index in [-0.39, 0.29) is 0 Å². The summed E-state index contributed by atoms with van der Waals surface area (Å²) < 4.78 is 8.15. The molecule has 0 atom stereocenters. The van der Waals surface area contributed by atoms with Gasteiger partial charge in [0.05, 0.1) is 6.20 Å². The van der Waals surface area contributed by atoms with Gasteiger partial charge in [-0.25, -0.2) is 9.55 Å². The number of aromatic nitrogens is 2. The molecule has 3 heteroatoms. The van der Waals surface area contributed by atoms with Crippen LogP contribution in [0.1, 0.15) is 30.9 Å². The summed E-state index contributed by atoms with van der Waals surface area (Å²) in [6, 6.07) is 10.5. The number of oxazole rings is 1. The molecule has 3 nitrogen and oxygen atoms in total. The highest BCUT2D eigenvalue weighted by molar-refractivity contribution is 5.61. The molecule has 3 aromatic rings. The van der Waals surface area contributed by atoms with Crippen molar-refractivity contribution in [3.63, 3.8) is 0 Å². The van der Waals surface area contributed by atoms with Crippen LogP contribution in [0.25, 0.3) is 22.8 Å². The molecule has 2 heterocycles. The lowest BCUT2D eigenvalue weighted by Crippen LogP contribution is -2.32. The average molecular weight is 307 g/mol. The first kappa shape index (κ1) is 15.5. The fourth-order valence-corrected chi connectivity index (χ4v) is 2.53. The second-order valence-electron chi connectivity index (χ2n) is 6.01. The molecule has 0 saturated heterocycles. The summed E-state index contributed by atoms with van der Waals surface area (Å²) in [6.45, 7) is 7.48. The fourth-order valence-electron chi connectivity index (χ4n) is 2.53. The van der Waals surface area contributed by atoms with Gasteiger partial charge in [0.25, 0.3) is 0 Å². The standard InChI is InChI=1S/C20H23N2O/c1-4-5-10-22-11-8-17(9-12-22)20-21-14-19(23-20)18-7-6-15(2)16(3)13-18/h6-9,11-14H,4-5,10H2,1-3H3/q+1. The van der Waals surface area contributed by atoms with Crippen molar-refractivity contribution < 1.29 is 8.98 Å². The molecule has 0 saturated carbocycles. The van der Waals surface area contributed by atoms with Crippen LogP contribution in [-0.4, -0.2) is 4.98 Å². The number of benzene rings is 1. The van der Waals surface area contributed by atoms with Gasteiger partial charge >= 0.3 is 0 Å². The molecule has 0 spiro atoms. The largest absolute Gasteiger partial charge is 0.436 e. The van der Waals surface area contributed by atoms with Crippen LogP contribution in [0.2, 0.25) is 0 Å². The van der Waals surface area contributed by atoms with Gasteiger partial charge in [0.15, 0.2) is 18.2 Å². The van der Waals surface area contributed by atoms with Gasteiger partial charge in [0.2, 0.25) is 5.89 Å². The van der Waals surface area contributed by atoms with E-state index in [4.69, 9.17) is 4.42 Å². The van der Waals surface area contributed by atoms with E-state index in [2.05, 4.69) is 73.0 Å². The van der Waals surface area contributed by atoms with Crippen LogP contribution >= 0.6 is 0 Å². The van der Waals surface area contributed by atoms with Crippen molar-refractivity contribution in [1.29, 1.82) is 0 Å². The van der Waals surface area contributed by atoms with E-state index in [0.717, 1.165) is 23.4 Å². The number of nitrogens with zero attached hydrogens (tertiary/aromatic N) is 2. The molecule has 118 valence electrons. The van der Waals surface area contributed by atoms with Gasteiger partial charge in [-0.15, -0.1) is 0 Å². The van der Waals surface area contributed by atoms with Crippen LogP contribution in [0.5, 0.6) is 0 Å². The molecule has 2 aromatic heterocycles. The van der Waals surface area contributed by atoms with Gasteiger partial charge in [-0.3, -0.25) is 0 Å². The maximum Gasteiger partial charge on any atom is 0.227 e. The summed E-state index contributed by atoms with van der Waals surface area (Å²) in [6.07, 6.45) is 8.38. The highest BCUT2D eigenvalue weighted by atomic mass is 16.4. The lowest BCUT2D eigenvalue weighted by Gasteiger charge is -2.02. The van der Waals surface area contributed by atoms with Gasteiger partial charge in [0.1, 0.15) is 6.54 Å². The van der Waals surface area contributed by atoms with Gasteiger partial charge < -0.3 is 4.42 Å². The molecule has 0 unspecified atom stereocenters. The Balaban J connectivity index is 1.82. The molecular formula is C20H23N2O+. The number of hydrogen-bond acceptors (Lipinski definition) is 2. The maximum atomic E-state index is 5.95. The van der Waals surface area contributed by atoms with E-state index >= 15 is 0 Å². The van der Waals surface area contributed by atoms with E-state index in [9.17, 15) is 0 Å². The fraction of sp³-hybridized carbons (Fsp3) is 0.300. The number of hydrogen-bond donors (Lipinski definition) is 0. The van der Waals surface area contributed by atoms with E-state index in [1.807, 2.05) is 0 Å². The first-order valence-corrected chi connectivity index (χ1v) is 8.20. The number of unbranched alkanes of at least 4 members (excludes halogenated alkanes) is 1. The summed E-state index contributed by atoms with van der Waals surface area (Å²) in [5.74, 6) is 1.48. The molecular weight excluding hydrogens is 284 g/mol. The first-order chi connectivity index (χ1) is 11.2. The third-order valence-corrected chi connectivity index (χ3v) is 4.21. The summed E-state index contributed by atoms with van der Waals surface area (Å²) in [5.41, 5.74) is 4.62. The van der Waals surface area contributed by atoms with Crippen LogP contribution in [0.3, 0.4) is 0 Å². The lowest BCUT2D eigenvalue weighted by molar-refractivity contribution is -0.697. The number of aryl methyl sites for hydroxylation is 3. The van der Waals surface area contributed by atoms with Gasteiger partial charge in [-0.2, -0.15) is 0 Å². The summed E-state index contributed by atoms with van der Waals surface area (Å²) >= 11 is 0. The molecule has 1 aromatic carbocycles. The molecule has 0 aliphatic rings. The minimum Gasteiger partial charge on any atom is -0.436 e. The Morgan fingerprint density at radius 3 is 2.48 bits per heavy atom. The van der Waals surface area contributed by atoms with Crippen molar-refractivity contribution >= 4 is 0 Å². The summed E-state index contributed by atoms with van der Waals surface area (Å²) in [4.78, 5) is 4.43.